The van der Waals surface area contributed by atoms with E-state index in [4.69, 9.17) is 10.2 Å². The smallest absolute Gasteiger partial charge is 0.0563 e. The van der Waals surface area contributed by atoms with E-state index in [9.17, 15) is 0 Å². The largest absolute Gasteiger partial charge is 0.396 e. The van der Waals surface area contributed by atoms with Crippen LogP contribution in [0.25, 0.3) is 0 Å². The molecule has 0 spiro atoms. The first-order valence-electron chi connectivity index (χ1n) is 4.10. The van der Waals surface area contributed by atoms with Gasteiger partial charge in [-0.3, -0.25) is 0 Å². The average Bonchev–Trinajstić information content (AvgIpc) is 1.58. The van der Waals surface area contributed by atoms with Crippen molar-refractivity contribution in [2.75, 3.05) is 6.61 Å². The molecule has 0 aliphatic carbocycles. The fourth-order valence-corrected chi connectivity index (χ4v) is 0.258. The van der Waals surface area contributed by atoms with Crippen molar-refractivity contribution in [2.45, 2.75) is 46.6 Å². The van der Waals surface area contributed by atoms with Crippen LogP contribution in [0.15, 0.2) is 0 Å². The first-order valence-corrected chi connectivity index (χ1v) is 4.10. The molecule has 0 bridgehead atoms. The molecular formula is C9H22O2. The molecule has 0 saturated carbocycles. The Morgan fingerprint density at radius 3 is 1.45 bits per heavy atom. The number of aliphatic hydroxyl groups is 2. The fourth-order valence-electron chi connectivity index (χ4n) is 0.258. The van der Waals surface area contributed by atoms with Gasteiger partial charge in [-0.05, 0) is 33.1 Å². The molecule has 0 aliphatic heterocycles. The lowest BCUT2D eigenvalue weighted by Crippen LogP contribution is -2.10. The molecule has 0 heterocycles. The zero-order chi connectivity index (χ0) is 9.49. The normalized spacial score (nSPS) is 10.9. The maximum Gasteiger partial charge on any atom is 0.0563 e. The summed E-state index contributed by atoms with van der Waals surface area (Å²) < 4.78 is 0. The van der Waals surface area contributed by atoms with Crippen molar-refractivity contribution in [1.82, 2.24) is 0 Å². The predicted molar refractivity (Wildman–Crippen MR) is 48.5 cm³/mol. The number of hydrogen-bond acceptors (Lipinski definition) is 2. The van der Waals surface area contributed by atoms with Gasteiger partial charge < -0.3 is 10.2 Å². The van der Waals surface area contributed by atoms with Crippen molar-refractivity contribution in [3.8, 4) is 0 Å². The van der Waals surface area contributed by atoms with Gasteiger partial charge in [-0.1, -0.05) is 13.8 Å². The van der Waals surface area contributed by atoms with Crippen molar-refractivity contribution in [2.24, 2.45) is 5.92 Å². The minimum absolute atomic E-state index is 0.331. The van der Waals surface area contributed by atoms with Crippen LogP contribution in [0, 0.1) is 5.92 Å². The van der Waals surface area contributed by atoms with Gasteiger partial charge in [-0.2, -0.15) is 0 Å². The molecule has 0 rings (SSSR count). The molecule has 0 aromatic rings. The summed E-state index contributed by atoms with van der Waals surface area (Å²) in [5.41, 5.74) is -0.500. The molecule has 0 aromatic heterocycles. The molecule has 0 fully saturated rings. The summed E-state index contributed by atoms with van der Waals surface area (Å²) in [5, 5.41) is 16.8. The summed E-state index contributed by atoms with van der Waals surface area (Å²) in [5.74, 6) is 0.648. The van der Waals surface area contributed by atoms with E-state index < -0.39 is 5.60 Å². The number of aliphatic hydroxyl groups excluding tert-OH is 1. The molecule has 11 heavy (non-hydrogen) atoms. The van der Waals surface area contributed by atoms with E-state index >= 15 is 0 Å². The Labute approximate surface area is 70.3 Å². The van der Waals surface area contributed by atoms with Crippen LogP contribution in [0.5, 0.6) is 0 Å². The Morgan fingerprint density at radius 1 is 1.18 bits per heavy atom. The minimum Gasteiger partial charge on any atom is -0.396 e. The van der Waals surface area contributed by atoms with E-state index in [-0.39, 0.29) is 0 Å². The van der Waals surface area contributed by atoms with Gasteiger partial charge in [0, 0.05) is 6.61 Å². The standard InChI is InChI=1S/C5H12O.C4H10O/c1-5(2)3-4-6;1-4(2,3)5/h5-6H,3-4H2,1-2H3;5H,1-3H3. The van der Waals surface area contributed by atoms with Gasteiger partial charge in [0.15, 0.2) is 0 Å². The van der Waals surface area contributed by atoms with Crippen molar-refractivity contribution < 1.29 is 10.2 Å². The number of hydrogen-bond donors (Lipinski definition) is 2. The van der Waals surface area contributed by atoms with E-state index in [1.807, 2.05) is 0 Å². The third-order valence-electron chi connectivity index (χ3n) is 0.706. The summed E-state index contributed by atoms with van der Waals surface area (Å²) >= 11 is 0. The van der Waals surface area contributed by atoms with E-state index in [1.165, 1.54) is 0 Å². The van der Waals surface area contributed by atoms with Crippen LogP contribution in [0.1, 0.15) is 41.0 Å². The highest BCUT2D eigenvalue weighted by molar-refractivity contribution is 4.50. The monoisotopic (exact) mass is 162 g/mol. The van der Waals surface area contributed by atoms with Gasteiger partial charge in [0.05, 0.1) is 5.60 Å². The van der Waals surface area contributed by atoms with E-state index in [0.717, 1.165) is 6.42 Å². The molecule has 2 nitrogen and oxygen atoms in total. The van der Waals surface area contributed by atoms with Gasteiger partial charge in [0.25, 0.3) is 0 Å². The molecule has 0 saturated heterocycles. The lowest BCUT2D eigenvalue weighted by Gasteiger charge is -2.04. The Balaban J connectivity index is 0. The van der Waals surface area contributed by atoms with Crippen molar-refractivity contribution in [3.63, 3.8) is 0 Å². The Kier molecular flexibility index (Phi) is 8.13. The topological polar surface area (TPSA) is 40.5 Å². The first-order chi connectivity index (χ1) is 4.77. The van der Waals surface area contributed by atoms with E-state index in [0.29, 0.717) is 12.5 Å². The summed E-state index contributed by atoms with van der Waals surface area (Å²) in [6.45, 7) is 9.75. The van der Waals surface area contributed by atoms with Crippen molar-refractivity contribution >= 4 is 0 Å². The third-order valence-corrected chi connectivity index (χ3v) is 0.706. The Bertz CT molecular complexity index is 66.1. The molecule has 0 aliphatic rings. The lowest BCUT2D eigenvalue weighted by atomic mass is 10.2. The highest BCUT2D eigenvalue weighted by Gasteiger charge is 1.97. The van der Waals surface area contributed by atoms with Crippen molar-refractivity contribution in [1.29, 1.82) is 0 Å². The Morgan fingerprint density at radius 2 is 1.45 bits per heavy atom. The zero-order valence-corrected chi connectivity index (χ0v) is 8.39. The number of rotatable bonds is 2. The van der Waals surface area contributed by atoms with Crippen LogP contribution >= 0.6 is 0 Å². The molecule has 0 atom stereocenters. The first kappa shape index (κ1) is 13.5. The molecule has 0 unspecified atom stereocenters. The highest BCUT2D eigenvalue weighted by Crippen LogP contribution is 1.94. The third kappa shape index (κ3) is 73.0. The summed E-state index contributed by atoms with van der Waals surface area (Å²) in [4.78, 5) is 0. The summed E-state index contributed by atoms with van der Waals surface area (Å²) in [7, 11) is 0. The molecule has 0 aromatic carbocycles. The van der Waals surface area contributed by atoms with Gasteiger partial charge in [0.2, 0.25) is 0 Å². The van der Waals surface area contributed by atoms with Crippen LogP contribution in [0.3, 0.4) is 0 Å². The van der Waals surface area contributed by atoms with Gasteiger partial charge in [-0.15, -0.1) is 0 Å². The maximum absolute atomic E-state index is 8.52. The van der Waals surface area contributed by atoms with Gasteiger partial charge in [-0.25, -0.2) is 0 Å². The lowest BCUT2D eigenvalue weighted by molar-refractivity contribution is 0.102. The summed E-state index contributed by atoms with van der Waals surface area (Å²) in [6, 6.07) is 0. The van der Waals surface area contributed by atoms with E-state index in [2.05, 4.69) is 13.8 Å². The second-order valence-corrected chi connectivity index (χ2v) is 4.08. The van der Waals surface area contributed by atoms with Crippen LogP contribution in [0.2, 0.25) is 0 Å². The fraction of sp³-hybridized carbons (Fsp3) is 1.00. The molecule has 0 radical (unpaired) electrons. The minimum atomic E-state index is -0.500. The molecular weight excluding hydrogens is 140 g/mol. The highest BCUT2D eigenvalue weighted by atomic mass is 16.3. The van der Waals surface area contributed by atoms with Gasteiger partial charge in [0.1, 0.15) is 0 Å². The molecule has 2 N–H and O–H groups in total. The predicted octanol–water partition coefficient (Wildman–Crippen LogP) is 1.80. The van der Waals surface area contributed by atoms with Crippen LogP contribution < -0.4 is 0 Å². The SMILES string of the molecule is CC(C)(C)O.CC(C)CCO. The second-order valence-electron chi connectivity index (χ2n) is 4.08. The molecule has 2 heteroatoms. The van der Waals surface area contributed by atoms with Crippen LogP contribution in [-0.2, 0) is 0 Å². The van der Waals surface area contributed by atoms with Crippen LogP contribution in [0.4, 0.5) is 0 Å². The maximum atomic E-state index is 8.52. The summed E-state index contributed by atoms with van der Waals surface area (Å²) in [6.07, 6.45) is 0.931. The molecule has 70 valence electrons. The van der Waals surface area contributed by atoms with Gasteiger partial charge >= 0.3 is 0 Å². The quantitative estimate of drug-likeness (QED) is 0.650. The zero-order valence-electron chi connectivity index (χ0n) is 8.39. The average molecular weight is 162 g/mol. The van der Waals surface area contributed by atoms with Crippen molar-refractivity contribution in [3.05, 3.63) is 0 Å². The van der Waals surface area contributed by atoms with Crippen LogP contribution in [-0.4, -0.2) is 22.4 Å². The van der Waals surface area contributed by atoms with E-state index in [1.54, 1.807) is 20.8 Å². The Hall–Kier alpha value is -0.0800. The second kappa shape index (κ2) is 6.62. The molecule has 0 amide bonds.